The summed E-state index contributed by atoms with van der Waals surface area (Å²) in [6.07, 6.45) is 0. The Bertz CT molecular complexity index is 815. The number of hydrogen-bond donors (Lipinski definition) is 2. The van der Waals surface area contributed by atoms with Crippen LogP contribution in [0.2, 0.25) is 0 Å². The molecule has 0 bridgehead atoms. The quantitative estimate of drug-likeness (QED) is 0.567. The van der Waals surface area contributed by atoms with Gasteiger partial charge >= 0.3 is 5.82 Å². The summed E-state index contributed by atoms with van der Waals surface area (Å²) in [5.41, 5.74) is 1.71. The van der Waals surface area contributed by atoms with Crippen LogP contribution in [0.25, 0.3) is 11.0 Å². The van der Waals surface area contributed by atoms with E-state index in [9.17, 15) is 14.9 Å². The minimum absolute atomic E-state index is 0.148. The van der Waals surface area contributed by atoms with Gasteiger partial charge in [-0.2, -0.15) is 0 Å². The summed E-state index contributed by atoms with van der Waals surface area (Å²) >= 11 is 0. The van der Waals surface area contributed by atoms with Crippen LogP contribution in [0.1, 0.15) is 10.5 Å². The maximum absolute atomic E-state index is 12.1. The number of amides is 1. The van der Waals surface area contributed by atoms with E-state index in [1.165, 1.54) is 23.7 Å². The number of hydrogen-bond acceptors (Lipinski definition) is 4. The molecule has 8 nitrogen and oxygen atoms in total. The molecule has 0 saturated carbocycles. The number of imidazole rings is 1. The predicted molar refractivity (Wildman–Crippen MR) is 76.1 cm³/mol. The molecule has 21 heavy (non-hydrogen) atoms. The SMILES string of the molecule is Cn1c(C(=O)Nc2nc3ccccc3[nH]2)ccc1[N+](=O)[O-]. The fraction of sp³-hybridized carbons (Fsp3) is 0.0769. The third kappa shape index (κ3) is 2.22. The number of H-pyrrole nitrogens is 1. The van der Waals surface area contributed by atoms with Gasteiger partial charge in [-0.25, -0.2) is 9.55 Å². The van der Waals surface area contributed by atoms with Crippen LogP contribution in [0.3, 0.4) is 0 Å². The second kappa shape index (κ2) is 4.75. The van der Waals surface area contributed by atoms with Crippen LogP contribution in [0.5, 0.6) is 0 Å². The molecule has 8 heteroatoms. The molecule has 0 saturated heterocycles. The van der Waals surface area contributed by atoms with Crippen molar-refractivity contribution in [2.24, 2.45) is 7.05 Å². The van der Waals surface area contributed by atoms with Crippen molar-refractivity contribution in [2.45, 2.75) is 0 Å². The highest BCUT2D eigenvalue weighted by Crippen LogP contribution is 2.17. The number of nitrogens with one attached hydrogen (secondary N) is 2. The molecule has 2 aromatic heterocycles. The Hall–Kier alpha value is -3.16. The first-order chi connectivity index (χ1) is 10.1. The van der Waals surface area contributed by atoms with Gasteiger partial charge in [0.2, 0.25) is 5.95 Å². The molecule has 3 rings (SSSR count). The van der Waals surface area contributed by atoms with Crippen molar-refractivity contribution >= 4 is 28.7 Å². The molecule has 0 aliphatic carbocycles. The Morgan fingerprint density at radius 1 is 1.33 bits per heavy atom. The van der Waals surface area contributed by atoms with Crippen LogP contribution in [0, 0.1) is 10.1 Å². The van der Waals surface area contributed by atoms with Gasteiger partial charge in [-0.15, -0.1) is 0 Å². The topological polar surface area (TPSA) is 106 Å². The van der Waals surface area contributed by atoms with Gasteiger partial charge in [0.25, 0.3) is 5.91 Å². The number of aromatic nitrogens is 3. The van der Waals surface area contributed by atoms with E-state index in [0.29, 0.717) is 5.95 Å². The molecule has 0 unspecified atom stereocenters. The summed E-state index contributed by atoms with van der Waals surface area (Å²) in [6.45, 7) is 0. The first-order valence-corrected chi connectivity index (χ1v) is 6.12. The van der Waals surface area contributed by atoms with E-state index in [4.69, 9.17) is 0 Å². The number of para-hydroxylation sites is 2. The van der Waals surface area contributed by atoms with Crippen LogP contribution in [0.15, 0.2) is 36.4 Å². The second-order valence-corrected chi connectivity index (χ2v) is 4.45. The highest BCUT2D eigenvalue weighted by molar-refractivity contribution is 6.03. The number of nitrogens with zero attached hydrogens (tertiary/aromatic N) is 3. The van der Waals surface area contributed by atoms with Gasteiger partial charge in [0.05, 0.1) is 18.1 Å². The van der Waals surface area contributed by atoms with E-state index >= 15 is 0 Å². The summed E-state index contributed by atoms with van der Waals surface area (Å²) < 4.78 is 1.22. The molecule has 2 heterocycles. The summed E-state index contributed by atoms with van der Waals surface area (Å²) in [5.74, 6) is -0.320. The number of carbonyl (C=O) groups is 1. The molecule has 3 aromatic rings. The van der Waals surface area contributed by atoms with Gasteiger partial charge in [0, 0.05) is 6.07 Å². The van der Waals surface area contributed by atoms with Crippen molar-refractivity contribution in [2.75, 3.05) is 5.32 Å². The van der Waals surface area contributed by atoms with E-state index in [2.05, 4.69) is 15.3 Å². The lowest BCUT2D eigenvalue weighted by Gasteiger charge is -2.00. The lowest BCUT2D eigenvalue weighted by atomic mass is 10.3. The Balaban J connectivity index is 1.87. The first kappa shape index (κ1) is 12.9. The molecule has 0 aliphatic rings. The molecule has 0 atom stereocenters. The number of nitro groups is 1. The van der Waals surface area contributed by atoms with Crippen molar-refractivity contribution in [3.63, 3.8) is 0 Å². The van der Waals surface area contributed by atoms with Crippen molar-refractivity contribution < 1.29 is 9.72 Å². The van der Waals surface area contributed by atoms with Gasteiger partial charge < -0.3 is 15.1 Å². The molecule has 106 valence electrons. The summed E-state index contributed by atoms with van der Waals surface area (Å²) in [6, 6.07) is 10.0. The molecular formula is C13H11N5O3. The molecule has 2 N–H and O–H groups in total. The highest BCUT2D eigenvalue weighted by atomic mass is 16.6. The summed E-state index contributed by atoms with van der Waals surface area (Å²) in [4.78, 5) is 29.5. The molecule has 1 aromatic carbocycles. The summed E-state index contributed by atoms with van der Waals surface area (Å²) in [5, 5.41) is 13.4. The molecule has 0 fully saturated rings. The number of carbonyl (C=O) groups excluding carboxylic acids is 1. The maximum Gasteiger partial charge on any atom is 0.323 e. The lowest BCUT2D eigenvalue weighted by molar-refractivity contribution is -0.391. The summed E-state index contributed by atoms with van der Waals surface area (Å²) in [7, 11) is 1.46. The van der Waals surface area contributed by atoms with Crippen molar-refractivity contribution in [1.29, 1.82) is 0 Å². The first-order valence-electron chi connectivity index (χ1n) is 6.12. The minimum atomic E-state index is -0.544. The Kier molecular flexibility index (Phi) is 2.90. The van der Waals surface area contributed by atoms with Crippen LogP contribution < -0.4 is 5.32 Å². The number of aromatic amines is 1. The third-order valence-electron chi connectivity index (χ3n) is 3.14. The van der Waals surface area contributed by atoms with E-state index in [0.717, 1.165) is 11.0 Å². The number of benzene rings is 1. The van der Waals surface area contributed by atoms with E-state index in [-0.39, 0.29) is 11.5 Å². The standard InChI is InChI=1S/C13H11N5O3/c1-17-10(6-7-11(17)18(20)21)12(19)16-13-14-8-4-2-3-5-9(8)15-13/h2-7H,1H3,(H2,14,15,16,19). The average Bonchev–Trinajstić information content (AvgIpc) is 3.01. The zero-order valence-corrected chi connectivity index (χ0v) is 11.0. The van der Waals surface area contributed by atoms with E-state index in [1.807, 2.05) is 24.3 Å². The molecular weight excluding hydrogens is 274 g/mol. The van der Waals surface area contributed by atoms with E-state index < -0.39 is 10.8 Å². The number of anilines is 1. The Morgan fingerprint density at radius 3 is 2.76 bits per heavy atom. The van der Waals surface area contributed by atoms with Gasteiger partial charge in [-0.1, -0.05) is 12.1 Å². The highest BCUT2D eigenvalue weighted by Gasteiger charge is 2.21. The van der Waals surface area contributed by atoms with Crippen LogP contribution in [-0.2, 0) is 7.05 Å². The fourth-order valence-electron chi connectivity index (χ4n) is 2.10. The molecule has 1 amide bonds. The van der Waals surface area contributed by atoms with Crippen LogP contribution in [0.4, 0.5) is 11.8 Å². The third-order valence-corrected chi connectivity index (χ3v) is 3.14. The zero-order valence-electron chi connectivity index (χ0n) is 11.0. The average molecular weight is 285 g/mol. The Morgan fingerprint density at radius 2 is 2.10 bits per heavy atom. The van der Waals surface area contributed by atoms with E-state index in [1.54, 1.807) is 0 Å². The van der Waals surface area contributed by atoms with Crippen LogP contribution >= 0.6 is 0 Å². The number of fused-ring (bicyclic) bond motifs is 1. The number of rotatable bonds is 3. The lowest BCUT2D eigenvalue weighted by Crippen LogP contribution is -2.17. The van der Waals surface area contributed by atoms with Crippen molar-refractivity contribution in [1.82, 2.24) is 14.5 Å². The predicted octanol–water partition coefficient (Wildman–Crippen LogP) is 2.06. The molecule has 0 aliphatic heterocycles. The second-order valence-electron chi connectivity index (χ2n) is 4.45. The zero-order chi connectivity index (χ0) is 15.0. The molecule has 0 radical (unpaired) electrons. The van der Waals surface area contributed by atoms with Crippen molar-refractivity contribution in [3.8, 4) is 0 Å². The van der Waals surface area contributed by atoms with Gasteiger partial charge in [0.15, 0.2) is 5.69 Å². The van der Waals surface area contributed by atoms with Crippen LogP contribution in [-0.4, -0.2) is 25.4 Å². The fourth-order valence-corrected chi connectivity index (χ4v) is 2.10. The van der Waals surface area contributed by atoms with Gasteiger partial charge in [0.1, 0.15) is 0 Å². The van der Waals surface area contributed by atoms with Crippen molar-refractivity contribution in [3.05, 3.63) is 52.2 Å². The minimum Gasteiger partial charge on any atom is -0.358 e. The largest absolute Gasteiger partial charge is 0.358 e. The van der Waals surface area contributed by atoms with Gasteiger partial charge in [-0.05, 0) is 23.1 Å². The Labute approximate surface area is 118 Å². The maximum atomic E-state index is 12.1. The molecule has 0 spiro atoms. The smallest absolute Gasteiger partial charge is 0.323 e. The van der Waals surface area contributed by atoms with Gasteiger partial charge in [-0.3, -0.25) is 10.1 Å². The monoisotopic (exact) mass is 285 g/mol. The normalized spacial score (nSPS) is 10.7.